The van der Waals surface area contributed by atoms with Crippen LogP contribution in [0.3, 0.4) is 0 Å². The van der Waals surface area contributed by atoms with Gasteiger partial charge in [-0.15, -0.1) is 24.2 Å². The van der Waals surface area contributed by atoms with E-state index in [0.717, 1.165) is 5.69 Å². The number of thiophene rings is 1. The first kappa shape index (κ1) is 31.1. The molecule has 0 atom stereocenters. The Morgan fingerprint density at radius 3 is 2.04 bits per heavy atom. The third kappa shape index (κ3) is 5.21. The normalized spacial score (nSPS) is 11.6. The molecule has 0 fully saturated rings. The van der Waals surface area contributed by atoms with Crippen molar-refractivity contribution in [3.05, 3.63) is 175 Å². The number of hydrogen-bond donors (Lipinski definition) is 0. The first-order chi connectivity index (χ1) is 24.7. The van der Waals surface area contributed by atoms with Gasteiger partial charge in [0.15, 0.2) is 0 Å². The number of hydrogen-bond acceptors (Lipinski definition) is 2. The van der Waals surface area contributed by atoms with E-state index in [1.807, 2.05) is 11.3 Å². The molecule has 0 amide bonds. The SMILES string of the molecule is C#C.C/C=C(\c1ccccc1C)N(c1ccc(-c2ccc3c(ccc4ccc5c6ccccc6sc5c43)c2)cc1)c1cccc2ccccc12. The second-order valence-electron chi connectivity index (χ2n) is 12.5. The Labute approximate surface area is 297 Å². The number of fused-ring (bicyclic) bond motifs is 8. The van der Waals surface area contributed by atoms with E-state index in [9.17, 15) is 0 Å². The third-order valence-electron chi connectivity index (χ3n) is 9.74. The molecule has 9 rings (SSSR count). The molecule has 0 aliphatic heterocycles. The van der Waals surface area contributed by atoms with Crippen LogP contribution in [0.5, 0.6) is 0 Å². The first-order valence-corrected chi connectivity index (χ1v) is 17.7. The van der Waals surface area contributed by atoms with Crippen LogP contribution in [-0.2, 0) is 0 Å². The standard InChI is InChI=1S/C46H33NS.C2H2/c1-3-42(37-14-6-4-11-30(37)2)47(43-17-10-13-32-12-5-7-15-38(32)43)36-25-21-31(22-26-36)34-24-27-39-35(29-34)20-19-33-23-28-41-40-16-8-9-18-44(40)48-46(41)45(33)39;1-2/h3-29H,1-2H3;1-2H/b42-3+;. The van der Waals surface area contributed by atoms with E-state index in [0.29, 0.717) is 0 Å². The fourth-order valence-corrected chi connectivity index (χ4v) is 8.66. The molecule has 2 heteroatoms. The number of allylic oxidation sites excluding steroid dienone is 1. The fraction of sp³-hybridized carbons (Fsp3) is 0.0417. The van der Waals surface area contributed by atoms with Crippen molar-refractivity contribution in [2.24, 2.45) is 0 Å². The second kappa shape index (κ2) is 13.1. The second-order valence-corrected chi connectivity index (χ2v) is 13.6. The van der Waals surface area contributed by atoms with E-state index >= 15 is 0 Å². The van der Waals surface area contributed by atoms with Crippen LogP contribution in [0, 0.1) is 19.8 Å². The monoisotopic (exact) mass is 657 g/mol. The van der Waals surface area contributed by atoms with Crippen molar-refractivity contribution in [2.75, 3.05) is 4.90 Å². The number of benzene rings is 8. The zero-order valence-corrected chi connectivity index (χ0v) is 28.9. The minimum absolute atomic E-state index is 1.13. The van der Waals surface area contributed by atoms with Gasteiger partial charge in [-0.3, -0.25) is 0 Å². The largest absolute Gasteiger partial charge is 0.310 e. The third-order valence-corrected chi connectivity index (χ3v) is 10.9. The summed E-state index contributed by atoms with van der Waals surface area (Å²) in [5.74, 6) is 0. The molecule has 0 radical (unpaired) electrons. The molecule has 1 aromatic heterocycles. The van der Waals surface area contributed by atoms with Crippen LogP contribution in [0.15, 0.2) is 164 Å². The van der Waals surface area contributed by atoms with Gasteiger partial charge in [0.1, 0.15) is 0 Å². The highest BCUT2D eigenvalue weighted by Crippen LogP contribution is 2.43. The topological polar surface area (TPSA) is 3.24 Å². The lowest BCUT2D eigenvalue weighted by atomic mass is 9.96. The molecule has 0 unspecified atom stereocenters. The molecular weight excluding hydrogens is 623 g/mol. The van der Waals surface area contributed by atoms with E-state index in [2.05, 4.69) is 195 Å². The quantitative estimate of drug-likeness (QED) is 0.131. The van der Waals surface area contributed by atoms with Crippen molar-refractivity contribution in [3.8, 4) is 24.0 Å². The summed E-state index contributed by atoms with van der Waals surface area (Å²) in [5, 5.41) is 10.4. The summed E-state index contributed by atoms with van der Waals surface area (Å²) in [6.07, 6.45) is 10.2. The number of aryl methyl sites for hydroxylation is 1. The van der Waals surface area contributed by atoms with Gasteiger partial charge in [-0.2, -0.15) is 0 Å². The molecule has 1 nitrogen and oxygen atoms in total. The molecule has 0 aliphatic rings. The van der Waals surface area contributed by atoms with Gasteiger partial charge in [0, 0.05) is 47.9 Å². The highest BCUT2D eigenvalue weighted by atomic mass is 32.1. The number of nitrogens with zero attached hydrogens (tertiary/aromatic N) is 1. The van der Waals surface area contributed by atoms with Gasteiger partial charge >= 0.3 is 0 Å². The summed E-state index contributed by atoms with van der Waals surface area (Å²) in [6.45, 7) is 4.33. The van der Waals surface area contributed by atoms with Crippen molar-refractivity contribution < 1.29 is 0 Å². The molecule has 50 heavy (non-hydrogen) atoms. The maximum absolute atomic E-state index is 4.00. The Balaban J connectivity index is 0.00000177. The lowest BCUT2D eigenvalue weighted by Crippen LogP contribution is -2.16. The van der Waals surface area contributed by atoms with Gasteiger partial charge in [0.25, 0.3) is 0 Å². The molecule has 0 N–H and O–H groups in total. The first-order valence-electron chi connectivity index (χ1n) is 16.9. The Kier molecular flexibility index (Phi) is 8.13. The molecule has 238 valence electrons. The summed E-state index contributed by atoms with van der Waals surface area (Å²) < 4.78 is 2.72. The fourth-order valence-electron chi connectivity index (χ4n) is 7.39. The van der Waals surface area contributed by atoms with Gasteiger partial charge < -0.3 is 4.90 Å². The molecule has 9 aromatic rings. The molecular formula is C48H35NS. The van der Waals surface area contributed by atoms with Crippen LogP contribution in [-0.4, -0.2) is 0 Å². The van der Waals surface area contributed by atoms with E-state index in [1.54, 1.807) is 0 Å². The van der Waals surface area contributed by atoms with Crippen molar-refractivity contribution >= 4 is 80.9 Å². The predicted molar refractivity (Wildman–Crippen MR) is 221 cm³/mol. The van der Waals surface area contributed by atoms with E-state index in [4.69, 9.17) is 0 Å². The van der Waals surface area contributed by atoms with Crippen LogP contribution < -0.4 is 4.90 Å². The summed E-state index contributed by atoms with van der Waals surface area (Å²) in [6, 6.07) is 57.8. The highest BCUT2D eigenvalue weighted by molar-refractivity contribution is 7.26. The molecule has 0 bridgehead atoms. The Bertz CT molecular complexity index is 2740. The zero-order valence-electron chi connectivity index (χ0n) is 28.1. The lowest BCUT2D eigenvalue weighted by molar-refractivity contribution is 1.27. The van der Waals surface area contributed by atoms with Gasteiger partial charge in [0.2, 0.25) is 0 Å². The van der Waals surface area contributed by atoms with Crippen LogP contribution in [0.4, 0.5) is 11.4 Å². The maximum atomic E-state index is 4.00. The average Bonchev–Trinajstić information content (AvgIpc) is 3.57. The molecule has 0 aliphatic carbocycles. The summed E-state index contributed by atoms with van der Waals surface area (Å²) in [5.41, 5.74) is 8.38. The van der Waals surface area contributed by atoms with Gasteiger partial charge in [-0.25, -0.2) is 0 Å². The summed E-state index contributed by atoms with van der Waals surface area (Å²) in [4.78, 5) is 2.41. The molecule has 0 saturated heterocycles. The minimum Gasteiger partial charge on any atom is -0.310 e. The molecule has 8 aromatic carbocycles. The minimum atomic E-state index is 1.13. The number of anilines is 2. The maximum Gasteiger partial charge on any atom is 0.0540 e. The van der Waals surface area contributed by atoms with Crippen molar-refractivity contribution in [1.82, 2.24) is 0 Å². The van der Waals surface area contributed by atoms with E-state index < -0.39 is 0 Å². The van der Waals surface area contributed by atoms with Gasteiger partial charge in [0.05, 0.1) is 5.69 Å². The van der Waals surface area contributed by atoms with Crippen LogP contribution >= 0.6 is 11.3 Å². The van der Waals surface area contributed by atoms with Gasteiger partial charge in [-0.05, 0) is 82.4 Å². The summed E-state index contributed by atoms with van der Waals surface area (Å²) >= 11 is 1.90. The van der Waals surface area contributed by atoms with E-state index in [1.165, 1.54) is 86.1 Å². The number of rotatable bonds is 5. The summed E-state index contributed by atoms with van der Waals surface area (Å²) in [7, 11) is 0. The smallest absolute Gasteiger partial charge is 0.0540 e. The lowest BCUT2D eigenvalue weighted by Gasteiger charge is -2.30. The predicted octanol–water partition coefficient (Wildman–Crippen LogP) is 13.9. The molecule has 0 spiro atoms. The molecule has 1 heterocycles. The molecule has 0 saturated carbocycles. The average molecular weight is 658 g/mol. The zero-order chi connectivity index (χ0) is 34.2. The highest BCUT2D eigenvalue weighted by Gasteiger charge is 2.20. The van der Waals surface area contributed by atoms with Crippen LogP contribution in [0.2, 0.25) is 0 Å². The van der Waals surface area contributed by atoms with Crippen molar-refractivity contribution in [2.45, 2.75) is 13.8 Å². The van der Waals surface area contributed by atoms with Crippen LogP contribution in [0.1, 0.15) is 18.1 Å². The van der Waals surface area contributed by atoms with Crippen molar-refractivity contribution in [1.29, 1.82) is 0 Å². The number of terminal acetylenes is 1. The van der Waals surface area contributed by atoms with Crippen LogP contribution in [0.25, 0.3) is 69.3 Å². The van der Waals surface area contributed by atoms with Crippen molar-refractivity contribution in [3.63, 3.8) is 0 Å². The Hall–Kier alpha value is -6.14. The Morgan fingerprint density at radius 1 is 0.560 bits per heavy atom. The van der Waals surface area contributed by atoms with Gasteiger partial charge in [-0.1, -0.05) is 133 Å². The van der Waals surface area contributed by atoms with E-state index in [-0.39, 0.29) is 0 Å². The Morgan fingerprint density at radius 2 is 1.22 bits per heavy atom.